The number of carbonyl (C=O) groups excluding carboxylic acids is 6. The monoisotopic (exact) mass is 1290 g/mol. The van der Waals surface area contributed by atoms with Crippen molar-refractivity contribution < 1.29 is 54.0 Å². The maximum absolute atomic E-state index is 14.0. The van der Waals surface area contributed by atoms with Gasteiger partial charge in [-0.25, -0.2) is 25.3 Å². The van der Waals surface area contributed by atoms with Crippen molar-refractivity contribution in [2.24, 2.45) is 0 Å². The average Bonchev–Trinajstić information content (AvgIpc) is 1.85. The Bertz CT molecular complexity index is 4100. The van der Waals surface area contributed by atoms with E-state index in [-0.39, 0.29) is 55.8 Å². The first-order valence-corrected chi connectivity index (χ1v) is 35.6. The lowest BCUT2D eigenvalue weighted by molar-refractivity contribution is -0.126. The van der Waals surface area contributed by atoms with E-state index in [0.29, 0.717) is 33.8 Å². The van der Waals surface area contributed by atoms with Crippen LogP contribution in [0.4, 0.5) is 17.1 Å². The molecule has 3 heterocycles. The number of benzene rings is 6. The van der Waals surface area contributed by atoms with E-state index >= 15 is 0 Å². The predicted octanol–water partition coefficient (Wildman–Crippen LogP) is 7.54. The molecule has 0 aliphatic rings. The van der Waals surface area contributed by atoms with Gasteiger partial charge in [-0.15, -0.1) is 0 Å². The Morgan fingerprint density at radius 3 is 0.846 bits per heavy atom. The summed E-state index contributed by atoms with van der Waals surface area (Å²) in [7, 11) is -10.6. The molecule has 21 nitrogen and oxygen atoms in total. The Balaban J connectivity index is 0.959. The van der Waals surface area contributed by atoms with E-state index in [0.717, 1.165) is 85.2 Å². The largest absolute Gasteiger partial charge is 0.358 e. The number of anilines is 3. The molecule has 9 aromatic rings. The molecule has 0 radical (unpaired) electrons. The van der Waals surface area contributed by atoms with Crippen molar-refractivity contribution in [2.45, 2.75) is 83.3 Å². The molecule has 0 aliphatic heterocycles. The van der Waals surface area contributed by atoms with Gasteiger partial charge >= 0.3 is 0 Å². The molecule has 0 unspecified atom stereocenters. The summed E-state index contributed by atoms with van der Waals surface area (Å²) in [4.78, 5) is 92.7. The SMILES string of the molecule is Cc1[nH]c2ccccc2c1CC(=O)N[C@@H](CCS(C)(=O)=O)C(=O)Nc1ccc(C(c2ccc(NC(=O)[C@H](CCS(C)(=O)=O)NC(=O)Cc3c(C)[nH]c4ccccc34)cc2)c2ccc(NC(=O)[C@H](CCS(C)(=O)=O)NC(=O)Cc3c(C)[nH]c4ccccc34)cc2)cc1. The van der Waals surface area contributed by atoms with Gasteiger partial charge in [0.05, 0.1) is 36.5 Å². The second-order valence-electron chi connectivity index (χ2n) is 23.2. The van der Waals surface area contributed by atoms with Crippen LogP contribution in [-0.4, -0.2) is 130 Å². The summed E-state index contributed by atoms with van der Waals surface area (Å²) in [5, 5.41) is 19.3. The van der Waals surface area contributed by atoms with Crippen LogP contribution in [0.5, 0.6) is 0 Å². The van der Waals surface area contributed by atoms with Crippen LogP contribution in [0.2, 0.25) is 0 Å². The molecule has 91 heavy (non-hydrogen) atoms. The van der Waals surface area contributed by atoms with Gasteiger partial charge in [0, 0.05) is 91.5 Å². The van der Waals surface area contributed by atoms with Crippen LogP contribution in [0.15, 0.2) is 146 Å². The maximum atomic E-state index is 14.0. The summed E-state index contributed by atoms with van der Waals surface area (Å²) in [5.74, 6) is -5.05. The standard InChI is InChI=1S/C67H73N9O12S3/c1-40-52(49-13-7-10-16-55(49)68-40)37-61(77)74-58(31-34-89(4,83)84)65(80)71-46-25-19-43(20-26-46)64(44-21-27-47(28-22-44)72-66(81)59(32-35-90(5,85)86)75-62(78)38-53-41(2)69-56-17-11-8-14-50(53)56)45-23-29-48(30-24-45)73-67(82)60(33-36-91(6,87)88)76-63(79)39-54-42(3)70-57-18-12-9-15-51(54)57/h7-30,58-60,64,68-70H,31-39H2,1-6H3,(H,71,80)(H,72,81)(H,73,82)(H,74,77)(H,75,78)(H,76,79)/t58-,59-,60-/m0/s1. The molecule has 0 aliphatic carbocycles. The molecule has 9 N–H and O–H groups in total. The number of aromatic nitrogens is 3. The normalized spacial score (nSPS) is 13.0. The molecule has 476 valence electrons. The van der Waals surface area contributed by atoms with Crippen LogP contribution in [0.25, 0.3) is 32.7 Å². The average molecular weight is 1290 g/mol. The number of hydrogen-bond acceptors (Lipinski definition) is 12. The summed E-state index contributed by atoms with van der Waals surface area (Å²) < 4.78 is 74.2. The third-order valence-corrected chi connectivity index (χ3v) is 18.8. The van der Waals surface area contributed by atoms with Gasteiger partial charge in [-0.05, 0) is 128 Å². The second-order valence-corrected chi connectivity index (χ2v) is 30.0. The van der Waals surface area contributed by atoms with Crippen LogP contribution in [0.3, 0.4) is 0 Å². The minimum Gasteiger partial charge on any atom is -0.358 e. The summed E-state index contributed by atoms with van der Waals surface area (Å²) in [6.07, 6.45) is 2.37. The van der Waals surface area contributed by atoms with Gasteiger partial charge in [0.1, 0.15) is 47.6 Å². The Kier molecular flexibility index (Phi) is 20.5. The molecule has 24 heteroatoms. The highest BCUT2D eigenvalue weighted by molar-refractivity contribution is 7.91. The first-order chi connectivity index (χ1) is 43.1. The Morgan fingerprint density at radius 2 is 0.604 bits per heavy atom. The lowest BCUT2D eigenvalue weighted by Crippen LogP contribution is -2.45. The van der Waals surface area contributed by atoms with Crippen molar-refractivity contribution in [2.75, 3.05) is 52.0 Å². The first-order valence-electron chi connectivity index (χ1n) is 29.5. The van der Waals surface area contributed by atoms with Crippen LogP contribution >= 0.6 is 0 Å². The number of H-pyrrole nitrogens is 3. The van der Waals surface area contributed by atoms with Crippen molar-refractivity contribution >= 4 is 115 Å². The minimum atomic E-state index is -3.54. The Labute approximate surface area is 528 Å². The van der Waals surface area contributed by atoms with Crippen molar-refractivity contribution in [3.63, 3.8) is 0 Å². The zero-order valence-electron chi connectivity index (χ0n) is 51.2. The number of nitrogens with one attached hydrogen (secondary N) is 9. The van der Waals surface area contributed by atoms with E-state index in [9.17, 15) is 54.0 Å². The molecule has 6 amide bonds. The summed E-state index contributed by atoms with van der Waals surface area (Å²) >= 11 is 0. The molecule has 3 aromatic heterocycles. The van der Waals surface area contributed by atoms with Gasteiger partial charge in [-0.1, -0.05) is 91.0 Å². The van der Waals surface area contributed by atoms with E-state index in [2.05, 4.69) is 46.9 Å². The number of aromatic amines is 3. The zero-order valence-corrected chi connectivity index (χ0v) is 53.6. The number of para-hydroxylation sites is 3. The molecule has 9 rings (SSSR count). The van der Waals surface area contributed by atoms with Crippen LogP contribution in [0.1, 0.15) is 75.6 Å². The topological polar surface area (TPSA) is 324 Å². The van der Waals surface area contributed by atoms with Crippen LogP contribution in [0, 0.1) is 20.8 Å². The predicted molar refractivity (Wildman–Crippen MR) is 355 cm³/mol. The van der Waals surface area contributed by atoms with E-state index < -0.39 is 89.0 Å². The molecule has 0 saturated carbocycles. The van der Waals surface area contributed by atoms with Crippen LogP contribution in [-0.2, 0) is 77.5 Å². The fraction of sp³-hybridized carbons (Fsp3) is 0.284. The third kappa shape index (κ3) is 17.7. The lowest BCUT2D eigenvalue weighted by Gasteiger charge is -2.22. The van der Waals surface area contributed by atoms with Gasteiger partial charge in [-0.2, -0.15) is 0 Å². The Hall–Kier alpha value is -9.39. The van der Waals surface area contributed by atoms with Crippen molar-refractivity contribution in [3.8, 4) is 0 Å². The first kappa shape index (κ1) is 66.0. The number of fused-ring (bicyclic) bond motifs is 3. The summed E-state index contributed by atoms with van der Waals surface area (Å²) in [6, 6.07) is 39.4. The number of rotatable bonds is 27. The lowest BCUT2D eigenvalue weighted by atomic mass is 9.85. The third-order valence-electron chi connectivity index (χ3n) is 15.9. The van der Waals surface area contributed by atoms with Crippen LogP contribution < -0.4 is 31.9 Å². The van der Waals surface area contributed by atoms with Gasteiger partial charge < -0.3 is 46.9 Å². The van der Waals surface area contributed by atoms with E-state index in [4.69, 9.17) is 0 Å². The van der Waals surface area contributed by atoms with Crippen molar-refractivity contribution in [3.05, 3.63) is 196 Å². The highest BCUT2D eigenvalue weighted by Gasteiger charge is 2.28. The smallest absolute Gasteiger partial charge is 0.246 e. The van der Waals surface area contributed by atoms with Crippen molar-refractivity contribution in [1.29, 1.82) is 0 Å². The summed E-state index contributed by atoms with van der Waals surface area (Å²) in [6.45, 7) is 5.54. The maximum Gasteiger partial charge on any atom is 0.246 e. The fourth-order valence-corrected chi connectivity index (χ4v) is 13.2. The summed E-state index contributed by atoms with van der Waals surface area (Å²) in [5.41, 5.74) is 10.2. The highest BCUT2D eigenvalue weighted by Crippen LogP contribution is 2.35. The van der Waals surface area contributed by atoms with Crippen molar-refractivity contribution in [1.82, 2.24) is 30.9 Å². The quantitative estimate of drug-likeness (QED) is 0.0226. The minimum absolute atomic E-state index is 0.0662. The second kappa shape index (κ2) is 28.2. The van der Waals surface area contributed by atoms with Gasteiger partial charge in [-0.3, -0.25) is 28.8 Å². The molecular weight excluding hydrogens is 1220 g/mol. The van der Waals surface area contributed by atoms with Gasteiger partial charge in [0.25, 0.3) is 0 Å². The molecular formula is C67H73N9O12S3. The molecule has 0 spiro atoms. The van der Waals surface area contributed by atoms with Gasteiger partial charge in [0.15, 0.2) is 0 Å². The molecule has 0 bridgehead atoms. The van der Waals surface area contributed by atoms with E-state index in [1.54, 1.807) is 72.8 Å². The number of aryl methyl sites for hydroxylation is 3. The Morgan fingerprint density at radius 1 is 0.363 bits per heavy atom. The van der Waals surface area contributed by atoms with E-state index in [1.807, 2.05) is 93.6 Å². The molecule has 6 aromatic carbocycles. The number of hydrogen-bond donors (Lipinski definition) is 9. The molecule has 0 saturated heterocycles. The number of amides is 6. The zero-order chi connectivity index (χ0) is 65.4. The van der Waals surface area contributed by atoms with E-state index in [1.165, 1.54) is 0 Å². The van der Waals surface area contributed by atoms with Gasteiger partial charge in [0.2, 0.25) is 35.4 Å². The molecule has 3 atom stereocenters. The highest BCUT2D eigenvalue weighted by atomic mass is 32.2. The fourth-order valence-electron chi connectivity index (χ4n) is 11.2. The number of sulfone groups is 3. The molecule has 0 fully saturated rings. The number of carbonyl (C=O) groups is 6.